The Bertz CT molecular complexity index is 563. The van der Waals surface area contributed by atoms with Crippen LogP contribution in [-0.2, 0) is 13.2 Å². The molecule has 0 unspecified atom stereocenters. The Labute approximate surface area is 119 Å². The molecule has 0 aliphatic rings. The van der Waals surface area contributed by atoms with Crippen molar-refractivity contribution < 1.29 is 9.50 Å². The SMILES string of the molecule is CC(C)Cn1c(CO)nnc1-c1c(F)cccc1Br. The van der Waals surface area contributed by atoms with E-state index in [-0.39, 0.29) is 12.4 Å². The van der Waals surface area contributed by atoms with Gasteiger partial charge in [0.15, 0.2) is 11.6 Å². The number of benzene rings is 1. The largest absolute Gasteiger partial charge is 0.388 e. The van der Waals surface area contributed by atoms with Crippen LogP contribution in [0.2, 0.25) is 0 Å². The Morgan fingerprint density at radius 3 is 2.68 bits per heavy atom. The zero-order valence-corrected chi connectivity index (χ0v) is 12.4. The minimum atomic E-state index is -0.365. The predicted molar refractivity (Wildman–Crippen MR) is 73.9 cm³/mol. The number of hydrogen-bond acceptors (Lipinski definition) is 3. The van der Waals surface area contributed by atoms with E-state index in [2.05, 4.69) is 26.1 Å². The molecule has 1 aromatic carbocycles. The average molecular weight is 328 g/mol. The number of aliphatic hydroxyl groups is 1. The summed E-state index contributed by atoms with van der Waals surface area (Å²) >= 11 is 3.33. The van der Waals surface area contributed by atoms with E-state index in [0.717, 1.165) is 0 Å². The molecule has 0 saturated heterocycles. The van der Waals surface area contributed by atoms with E-state index in [9.17, 15) is 9.50 Å². The topological polar surface area (TPSA) is 50.9 Å². The summed E-state index contributed by atoms with van der Waals surface area (Å²) in [5.41, 5.74) is 0.371. The van der Waals surface area contributed by atoms with Crippen LogP contribution in [0.4, 0.5) is 4.39 Å². The molecule has 0 saturated carbocycles. The Balaban J connectivity index is 2.59. The molecule has 0 aliphatic carbocycles. The van der Waals surface area contributed by atoms with Crippen molar-refractivity contribution in [2.45, 2.75) is 27.0 Å². The monoisotopic (exact) mass is 327 g/mol. The van der Waals surface area contributed by atoms with Gasteiger partial charge in [0, 0.05) is 11.0 Å². The van der Waals surface area contributed by atoms with Gasteiger partial charge in [-0.3, -0.25) is 0 Å². The molecule has 102 valence electrons. The maximum absolute atomic E-state index is 14.0. The lowest BCUT2D eigenvalue weighted by Crippen LogP contribution is -2.11. The van der Waals surface area contributed by atoms with Crippen LogP contribution in [0.25, 0.3) is 11.4 Å². The van der Waals surface area contributed by atoms with Gasteiger partial charge in [-0.1, -0.05) is 19.9 Å². The smallest absolute Gasteiger partial charge is 0.168 e. The van der Waals surface area contributed by atoms with Gasteiger partial charge in [0.2, 0.25) is 0 Å². The zero-order valence-electron chi connectivity index (χ0n) is 10.8. The molecule has 2 aromatic rings. The number of nitrogens with zero attached hydrogens (tertiary/aromatic N) is 3. The average Bonchev–Trinajstić information content (AvgIpc) is 2.71. The van der Waals surface area contributed by atoms with Crippen LogP contribution in [0.3, 0.4) is 0 Å². The van der Waals surface area contributed by atoms with Gasteiger partial charge < -0.3 is 9.67 Å². The van der Waals surface area contributed by atoms with Gasteiger partial charge in [0.05, 0.1) is 5.56 Å². The van der Waals surface area contributed by atoms with Gasteiger partial charge in [0.1, 0.15) is 12.4 Å². The highest BCUT2D eigenvalue weighted by Crippen LogP contribution is 2.30. The summed E-state index contributed by atoms with van der Waals surface area (Å²) in [5, 5.41) is 17.2. The molecule has 19 heavy (non-hydrogen) atoms. The Kier molecular flexibility index (Phi) is 4.31. The van der Waals surface area contributed by atoms with Crippen LogP contribution >= 0.6 is 15.9 Å². The number of hydrogen-bond donors (Lipinski definition) is 1. The lowest BCUT2D eigenvalue weighted by molar-refractivity contribution is 0.262. The van der Waals surface area contributed by atoms with E-state index in [1.807, 2.05) is 13.8 Å². The van der Waals surface area contributed by atoms with Gasteiger partial charge in [-0.2, -0.15) is 0 Å². The number of aliphatic hydroxyl groups excluding tert-OH is 1. The Morgan fingerprint density at radius 1 is 1.37 bits per heavy atom. The molecule has 0 spiro atoms. The summed E-state index contributed by atoms with van der Waals surface area (Å²) in [4.78, 5) is 0. The van der Waals surface area contributed by atoms with Crippen molar-refractivity contribution in [3.8, 4) is 11.4 Å². The first-order chi connectivity index (χ1) is 9.04. The van der Waals surface area contributed by atoms with E-state index in [4.69, 9.17) is 0 Å². The fourth-order valence-electron chi connectivity index (χ4n) is 1.91. The fraction of sp³-hybridized carbons (Fsp3) is 0.385. The second kappa shape index (κ2) is 5.79. The van der Waals surface area contributed by atoms with E-state index in [0.29, 0.717) is 34.1 Å². The van der Waals surface area contributed by atoms with Gasteiger partial charge in [-0.15, -0.1) is 10.2 Å². The highest BCUT2D eigenvalue weighted by molar-refractivity contribution is 9.10. The summed E-state index contributed by atoms with van der Waals surface area (Å²) in [7, 11) is 0. The van der Waals surface area contributed by atoms with Crippen molar-refractivity contribution in [1.82, 2.24) is 14.8 Å². The van der Waals surface area contributed by atoms with Crippen LogP contribution in [-0.4, -0.2) is 19.9 Å². The molecule has 0 bridgehead atoms. The molecule has 0 fully saturated rings. The molecule has 0 radical (unpaired) electrons. The fourth-order valence-corrected chi connectivity index (χ4v) is 2.42. The third-order valence-corrected chi connectivity index (χ3v) is 3.36. The lowest BCUT2D eigenvalue weighted by Gasteiger charge is -2.13. The third-order valence-electron chi connectivity index (χ3n) is 2.70. The highest BCUT2D eigenvalue weighted by Gasteiger charge is 2.19. The second-order valence-electron chi connectivity index (χ2n) is 4.70. The molecule has 4 nitrogen and oxygen atoms in total. The maximum Gasteiger partial charge on any atom is 0.168 e. The van der Waals surface area contributed by atoms with Gasteiger partial charge in [-0.25, -0.2) is 4.39 Å². The highest BCUT2D eigenvalue weighted by atomic mass is 79.9. The molecular weight excluding hydrogens is 313 g/mol. The van der Waals surface area contributed by atoms with Crippen molar-refractivity contribution in [3.63, 3.8) is 0 Å². The molecule has 0 atom stereocenters. The number of aromatic nitrogens is 3. The van der Waals surface area contributed by atoms with Crippen molar-refractivity contribution in [3.05, 3.63) is 34.3 Å². The lowest BCUT2D eigenvalue weighted by atomic mass is 10.1. The molecule has 0 amide bonds. The molecule has 6 heteroatoms. The summed E-state index contributed by atoms with van der Waals surface area (Å²) in [6, 6.07) is 4.76. The molecule has 1 aromatic heterocycles. The summed E-state index contributed by atoms with van der Waals surface area (Å²) < 4.78 is 16.4. The second-order valence-corrected chi connectivity index (χ2v) is 5.55. The molecular formula is C13H15BrFN3O. The van der Waals surface area contributed by atoms with Gasteiger partial charge >= 0.3 is 0 Å². The number of halogens is 2. The normalized spacial score (nSPS) is 11.3. The zero-order chi connectivity index (χ0) is 14.0. The quantitative estimate of drug-likeness (QED) is 0.939. The minimum Gasteiger partial charge on any atom is -0.388 e. The first-order valence-corrected chi connectivity index (χ1v) is 6.81. The van der Waals surface area contributed by atoms with E-state index in [1.54, 1.807) is 16.7 Å². The molecule has 2 rings (SSSR count). The molecule has 0 aliphatic heterocycles. The van der Waals surface area contributed by atoms with E-state index in [1.165, 1.54) is 6.07 Å². The molecule has 1 heterocycles. The van der Waals surface area contributed by atoms with Crippen LogP contribution in [0, 0.1) is 11.7 Å². The van der Waals surface area contributed by atoms with E-state index < -0.39 is 0 Å². The van der Waals surface area contributed by atoms with E-state index >= 15 is 0 Å². The van der Waals surface area contributed by atoms with Crippen LogP contribution in [0.1, 0.15) is 19.7 Å². The first kappa shape index (κ1) is 14.1. The summed E-state index contributed by atoms with van der Waals surface area (Å²) in [5.74, 6) is 0.850. The van der Waals surface area contributed by atoms with Crippen LogP contribution < -0.4 is 0 Å². The van der Waals surface area contributed by atoms with Crippen molar-refractivity contribution in [2.75, 3.05) is 0 Å². The van der Waals surface area contributed by atoms with Crippen molar-refractivity contribution in [2.24, 2.45) is 5.92 Å². The van der Waals surface area contributed by atoms with Crippen LogP contribution in [0.15, 0.2) is 22.7 Å². The summed E-state index contributed by atoms with van der Waals surface area (Å²) in [6.45, 7) is 4.49. The van der Waals surface area contributed by atoms with Crippen molar-refractivity contribution >= 4 is 15.9 Å². The predicted octanol–water partition coefficient (Wildman–Crippen LogP) is 3.00. The van der Waals surface area contributed by atoms with Crippen molar-refractivity contribution in [1.29, 1.82) is 0 Å². The Hall–Kier alpha value is -1.27. The molecule has 1 N–H and O–H groups in total. The first-order valence-electron chi connectivity index (χ1n) is 6.02. The summed E-state index contributed by atoms with van der Waals surface area (Å²) in [6.07, 6.45) is 0. The van der Waals surface area contributed by atoms with Gasteiger partial charge in [0.25, 0.3) is 0 Å². The Morgan fingerprint density at radius 2 is 2.11 bits per heavy atom. The standard InChI is InChI=1S/C13H15BrFN3O/c1-8(2)6-18-11(7-19)16-17-13(18)12-9(14)4-3-5-10(12)15/h3-5,8,19H,6-7H2,1-2H3. The number of rotatable bonds is 4. The van der Waals surface area contributed by atoms with Gasteiger partial charge in [-0.05, 0) is 34.0 Å². The maximum atomic E-state index is 14.0. The van der Waals surface area contributed by atoms with Crippen LogP contribution in [0.5, 0.6) is 0 Å². The minimum absolute atomic E-state index is 0.216. The third kappa shape index (κ3) is 2.84.